The third-order valence-corrected chi connectivity index (χ3v) is 3.73. The number of aromatic nitrogens is 1. The second-order valence-corrected chi connectivity index (χ2v) is 5.11. The van der Waals surface area contributed by atoms with Crippen LogP contribution in [0.2, 0.25) is 0 Å². The van der Waals surface area contributed by atoms with E-state index in [4.69, 9.17) is 0 Å². The first-order chi connectivity index (χ1) is 8.61. The van der Waals surface area contributed by atoms with E-state index in [1.807, 2.05) is 38.1 Å². The monoisotopic (exact) mass is 297 g/mol. The zero-order valence-corrected chi connectivity index (χ0v) is 12.7. The van der Waals surface area contributed by atoms with Crippen LogP contribution in [0.25, 0.3) is 10.9 Å². The molecule has 5 heteroatoms. The largest absolute Gasteiger partial charge is 0.468 e. The van der Waals surface area contributed by atoms with Crippen LogP contribution in [0.5, 0.6) is 0 Å². The molecule has 0 radical (unpaired) electrons. The van der Waals surface area contributed by atoms with E-state index in [0.29, 0.717) is 5.75 Å². The predicted molar refractivity (Wildman–Crippen MR) is 81.2 cm³/mol. The average Bonchev–Trinajstić information content (AvgIpc) is 2.36. The lowest BCUT2D eigenvalue weighted by atomic mass is 10.1. The Labute approximate surface area is 123 Å². The molecule has 19 heavy (non-hydrogen) atoms. The fourth-order valence-electron chi connectivity index (χ4n) is 1.80. The number of rotatable bonds is 3. The number of carbonyl (C=O) groups excluding carboxylic acids is 1. The third-order valence-electron chi connectivity index (χ3n) is 2.70. The Morgan fingerprint density at radius 3 is 2.79 bits per heavy atom. The number of ether oxygens (including phenoxy) is 1. The first-order valence-corrected chi connectivity index (χ1v) is 6.67. The van der Waals surface area contributed by atoms with Crippen molar-refractivity contribution >= 4 is 41.0 Å². The van der Waals surface area contributed by atoms with Crippen molar-refractivity contribution in [3.63, 3.8) is 0 Å². The summed E-state index contributed by atoms with van der Waals surface area (Å²) in [5, 5.41) is 1.09. The number of fused-ring (bicyclic) bond motifs is 1. The number of carbonyl (C=O) groups is 1. The van der Waals surface area contributed by atoms with E-state index in [-0.39, 0.29) is 18.4 Å². The molecule has 2 rings (SSSR count). The molecule has 0 atom stereocenters. The summed E-state index contributed by atoms with van der Waals surface area (Å²) in [6.07, 6.45) is 0. The highest BCUT2D eigenvalue weighted by atomic mass is 35.5. The first-order valence-electron chi connectivity index (χ1n) is 5.68. The molecule has 0 aliphatic heterocycles. The second-order valence-electron chi connectivity index (χ2n) is 4.10. The summed E-state index contributed by atoms with van der Waals surface area (Å²) >= 11 is 1.49. The molecule has 1 aromatic heterocycles. The van der Waals surface area contributed by atoms with Gasteiger partial charge in [-0.25, -0.2) is 0 Å². The highest BCUT2D eigenvalue weighted by molar-refractivity contribution is 8.00. The summed E-state index contributed by atoms with van der Waals surface area (Å²) in [5.41, 5.74) is 3.12. The molecule has 0 fully saturated rings. The van der Waals surface area contributed by atoms with Crippen LogP contribution < -0.4 is 0 Å². The third kappa shape index (κ3) is 3.61. The average molecular weight is 298 g/mol. The number of thioether (sulfide) groups is 1. The van der Waals surface area contributed by atoms with Crippen molar-refractivity contribution in [1.29, 1.82) is 0 Å². The van der Waals surface area contributed by atoms with Crippen LogP contribution in [0.3, 0.4) is 0 Å². The van der Waals surface area contributed by atoms with Gasteiger partial charge in [-0.15, -0.1) is 24.2 Å². The number of hydrogen-bond donors (Lipinski definition) is 0. The molecule has 2 aromatic rings. The zero-order valence-electron chi connectivity index (χ0n) is 11.1. The van der Waals surface area contributed by atoms with E-state index < -0.39 is 0 Å². The Bertz CT molecular complexity index is 601. The van der Waals surface area contributed by atoms with Crippen molar-refractivity contribution < 1.29 is 9.53 Å². The Hall–Kier alpha value is -1.26. The maximum absolute atomic E-state index is 11.2. The van der Waals surface area contributed by atoms with Gasteiger partial charge >= 0.3 is 5.97 Å². The van der Waals surface area contributed by atoms with Gasteiger partial charge in [0.2, 0.25) is 0 Å². The van der Waals surface area contributed by atoms with E-state index >= 15 is 0 Å². The molecule has 0 saturated carbocycles. The minimum Gasteiger partial charge on any atom is -0.468 e. The quantitative estimate of drug-likeness (QED) is 0.642. The fraction of sp³-hybridized carbons (Fsp3) is 0.286. The number of para-hydroxylation sites is 1. The Balaban J connectivity index is 0.00000180. The van der Waals surface area contributed by atoms with Crippen molar-refractivity contribution in [2.75, 3.05) is 12.9 Å². The Kier molecular flexibility index (Phi) is 5.63. The Morgan fingerprint density at radius 2 is 2.11 bits per heavy atom. The van der Waals surface area contributed by atoms with Gasteiger partial charge < -0.3 is 4.74 Å². The number of esters is 1. The van der Waals surface area contributed by atoms with Crippen LogP contribution in [0.15, 0.2) is 29.2 Å². The maximum atomic E-state index is 11.2. The van der Waals surface area contributed by atoms with Gasteiger partial charge in [-0.1, -0.05) is 18.2 Å². The molecule has 0 unspecified atom stereocenters. The number of aryl methyl sites for hydroxylation is 2. The summed E-state index contributed by atoms with van der Waals surface area (Å²) in [4.78, 5) is 16.8. The first kappa shape index (κ1) is 15.8. The van der Waals surface area contributed by atoms with Crippen LogP contribution in [0, 0.1) is 13.8 Å². The molecular formula is C14H16ClNO2S. The number of hydrogen-bond acceptors (Lipinski definition) is 4. The minimum absolute atomic E-state index is 0. The van der Waals surface area contributed by atoms with Crippen molar-refractivity contribution in [2.45, 2.75) is 18.7 Å². The van der Waals surface area contributed by atoms with E-state index in [2.05, 4.69) is 9.72 Å². The van der Waals surface area contributed by atoms with Gasteiger partial charge in [-0.2, -0.15) is 0 Å². The van der Waals surface area contributed by atoms with E-state index in [9.17, 15) is 4.79 Å². The summed E-state index contributed by atoms with van der Waals surface area (Å²) in [6.45, 7) is 4.01. The number of halogens is 1. The van der Waals surface area contributed by atoms with Crippen LogP contribution in [0.1, 0.15) is 11.3 Å². The van der Waals surface area contributed by atoms with Gasteiger partial charge in [-0.05, 0) is 25.5 Å². The van der Waals surface area contributed by atoms with Gasteiger partial charge in [0, 0.05) is 16.0 Å². The topological polar surface area (TPSA) is 39.2 Å². The van der Waals surface area contributed by atoms with Crippen molar-refractivity contribution in [3.05, 3.63) is 35.5 Å². The predicted octanol–water partition coefficient (Wildman–Crippen LogP) is 3.54. The lowest BCUT2D eigenvalue weighted by molar-refractivity contribution is -0.137. The van der Waals surface area contributed by atoms with E-state index in [1.165, 1.54) is 18.9 Å². The Morgan fingerprint density at radius 1 is 1.37 bits per heavy atom. The molecule has 1 aromatic carbocycles. The fourth-order valence-corrected chi connectivity index (χ4v) is 2.76. The normalized spacial score (nSPS) is 10.1. The molecular weight excluding hydrogens is 282 g/mol. The van der Waals surface area contributed by atoms with Gasteiger partial charge in [0.05, 0.1) is 18.4 Å². The molecule has 0 amide bonds. The SMILES string of the molecule is COC(=O)CSc1cc(C)nc2c(C)cccc12.Cl. The number of pyridine rings is 1. The molecule has 0 aliphatic rings. The van der Waals surface area contributed by atoms with Crippen LogP contribution in [-0.2, 0) is 9.53 Å². The summed E-state index contributed by atoms with van der Waals surface area (Å²) in [6, 6.07) is 8.10. The molecule has 102 valence electrons. The lowest BCUT2D eigenvalue weighted by Gasteiger charge is -2.08. The maximum Gasteiger partial charge on any atom is 0.315 e. The van der Waals surface area contributed by atoms with E-state index in [0.717, 1.165) is 27.1 Å². The molecule has 1 heterocycles. The highest BCUT2D eigenvalue weighted by Gasteiger charge is 2.08. The number of methoxy groups -OCH3 is 1. The van der Waals surface area contributed by atoms with Crippen molar-refractivity contribution in [3.8, 4) is 0 Å². The molecule has 0 N–H and O–H groups in total. The van der Waals surface area contributed by atoms with Gasteiger partial charge in [0.1, 0.15) is 0 Å². The lowest BCUT2D eigenvalue weighted by Crippen LogP contribution is -2.03. The van der Waals surface area contributed by atoms with Crippen LogP contribution >= 0.6 is 24.2 Å². The molecule has 0 aliphatic carbocycles. The number of benzene rings is 1. The van der Waals surface area contributed by atoms with Crippen LogP contribution in [0.4, 0.5) is 0 Å². The minimum atomic E-state index is -0.213. The molecule has 3 nitrogen and oxygen atoms in total. The van der Waals surface area contributed by atoms with Crippen LogP contribution in [-0.4, -0.2) is 23.8 Å². The smallest absolute Gasteiger partial charge is 0.315 e. The second kappa shape index (κ2) is 6.78. The zero-order chi connectivity index (χ0) is 13.1. The summed E-state index contributed by atoms with van der Waals surface area (Å²) in [5.74, 6) is 0.110. The summed E-state index contributed by atoms with van der Waals surface area (Å²) in [7, 11) is 1.41. The van der Waals surface area contributed by atoms with Gasteiger partial charge in [0.15, 0.2) is 0 Å². The van der Waals surface area contributed by atoms with Gasteiger partial charge in [0.25, 0.3) is 0 Å². The number of nitrogens with zero attached hydrogens (tertiary/aromatic N) is 1. The standard InChI is InChI=1S/C14H15NO2S.ClH/c1-9-5-4-6-11-12(18-8-13(16)17-3)7-10(2)15-14(9)11;/h4-7H,8H2,1-3H3;1H. The van der Waals surface area contributed by atoms with Gasteiger partial charge in [-0.3, -0.25) is 9.78 Å². The van der Waals surface area contributed by atoms with E-state index in [1.54, 1.807) is 0 Å². The van der Waals surface area contributed by atoms with Crippen molar-refractivity contribution in [2.24, 2.45) is 0 Å². The molecule has 0 bridgehead atoms. The summed E-state index contributed by atoms with van der Waals surface area (Å²) < 4.78 is 4.66. The molecule has 0 saturated heterocycles. The van der Waals surface area contributed by atoms with Crippen molar-refractivity contribution in [1.82, 2.24) is 4.98 Å². The highest BCUT2D eigenvalue weighted by Crippen LogP contribution is 2.29. The molecule has 0 spiro atoms.